The zero-order valence-corrected chi connectivity index (χ0v) is 8.78. The van der Waals surface area contributed by atoms with E-state index in [0.717, 1.165) is 32.2 Å². The number of hydrogen-bond acceptors (Lipinski definition) is 3. The minimum atomic E-state index is -0.0424. The fourth-order valence-corrected chi connectivity index (χ4v) is 2.61. The second-order valence-electron chi connectivity index (χ2n) is 5.02. The Labute approximate surface area is 86.1 Å². The molecule has 2 fully saturated rings. The van der Waals surface area contributed by atoms with E-state index in [1.807, 2.05) is 0 Å². The van der Waals surface area contributed by atoms with Gasteiger partial charge in [-0.05, 0) is 44.6 Å². The monoisotopic (exact) mass is 198 g/mol. The van der Waals surface area contributed by atoms with Gasteiger partial charge in [-0.25, -0.2) is 0 Å². The van der Waals surface area contributed by atoms with Gasteiger partial charge < -0.3 is 16.2 Å². The molecule has 2 aliphatic rings. The molecule has 0 bridgehead atoms. The molecule has 0 amide bonds. The quantitative estimate of drug-likeness (QED) is 0.623. The topological polar surface area (TPSA) is 58.3 Å². The molecule has 0 spiro atoms. The third-order valence-electron chi connectivity index (χ3n) is 3.62. The largest absolute Gasteiger partial charge is 0.393 e. The van der Waals surface area contributed by atoms with E-state index in [-0.39, 0.29) is 6.10 Å². The smallest absolute Gasteiger partial charge is 0.0543 e. The SMILES string of the molecule is NC1CC(NCC2CCCC(O)C2)C1. The molecular formula is C11H22N2O. The summed E-state index contributed by atoms with van der Waals surface area (Å²) in [5.74, 6) is 0.690. The first-order chi connectivity index (χ1) is 6.74. The summed E-state index contributed by atoms with van der Waals surface area (Å²) in [4.78, 5) is 0. The van der Waals surface area contributed by atoms with Crippen LogP contribution in [0.4, 0.5) is 0 Å². The van der Waals surface area contributed by atoms with Crippen molar-refractivity contribution in [1.82, 2.24) is 5.32 Å². The Balaban J connectivity index is 1.60. The number of rotatable bonds is 3. The van der Waals surface area contributed by atoms with E-state index >= 15 is 0 Å². The van der Waals surface area contributed by atoms with Crippen LogP contribution in [0.5, 0.6) is 0 Å². The van der Waals surface area contributed by atoms with Crippen LogP contribution in [0, 0.1) is 5.92 Å². The summed E-state index contributed by atoms with van der Waals surface area (Å²) >= 11 is 0. The highest BCUT2D eigenvalue weighted by atomic mass is 16.3. The highest BCUT2D eigenvalue weighted by molar-refractivity contribution is 4.88. The third-order valence-corrected chi connectivity index (χ3v) is 3.62. The van der Waals surface area contributed by atoms with Crippen LogP contribution < -0.4 is 11.1 Å². The van der Waals surface area contributed by atoms with Gasteiger partial charge in [-0.1, -0.05) is 6.42 Å². The Kier molecular flexibility index (Phi) is 3.42. The van der Waals surface area contributed by atoms with Crippen molar-refractivity contribution in [3.8, 4) is 0 Å². The van der Waals surface area contributed by atoms with Gasteiger partial charge in [0.15, 0.2) is 0 Å². The van der Waals surface area contributed by atoms with Gasteiger partial charge in [0.2, 0.25) is 0 Å². The molecule has 2 rings (SSSR count). The van der Waals surface area contributed by atoms with E-state index < -0.39 is 0 Å². The van der Waals surface area contributed by atoms with E-state index in [1.165, 1.54) is 12.8 Å². The van der Waals surface area contributed by atoms with Gasteiger partial charge in [0.05, 0.1) is 6.10 Å². The van der Waals surface area contributed by atoms with Gasteiger partial charge in [-0.3, -0.25) is 0 Å². The van der Waals surface area contributed by atoms with Crippen LogP contribution in [0.25, 0.3) is 0 Å². The molecule has 0 saturated heterocycles. The number of hydrogen-bond donors (Lipinski definition) is 3. The normalized spacial score (nSPS) is 43.3. The standard InChI is InChI=1S/C11H22N2O/c12-9-5-10(6-9)13-7-8-2-1-3-11(14)4-8/h8-11,13-14H,1-7,12H2. The van der Waals surface area contributed by atoms with Crippen molar-refractivity contribution in [2.45, 2.75) is 56.7 Å². The second kappa shape index (κ2) is 4.60. The van der Waals surface area contributed by atoms with Crippen molar-refractivity contribution in [3.63, 3.8) is 0 Å². The Morgan fingerprint density at radius 1 is 1.21 bits per heavy atom. The van der Waals surface area contributed by atoms with E-state index in [2.05, 4.69) is 5.32 Å². The highest BCUT2D eigenvalue weighted by Gasteiger charge is 2.27. The van der Waals surface area contributed by atoms with Gasteiger partial charge in [0.1, 0.15) is 0 Å². The average Bonchev–Trinajstić information content (AvgIpc) is 2.11. The lowest BCUT2D eigenvalue weighted by atomic mass is 9.84. The van der Waals surface area contributed by atoms with E-state index in [1.54, 1.807) is 0 Å². The predicted octanol–water partition coefficient (Wildman–Crippen LogP) is 0.617. The Morgan fingerprint density at radius 2 is 2.00 bits per heavy atom. The van der Waals surface area contributed by atoms with E-state index in [0.29, 0.717) is 18.0 Å². The Hall–Kier alpha value is -0.120. The third kappa shape index (κ3) is 2.69. The maximum Gasteiger partial charge on any atom is 0.0543 e. The first-order valence-corrected chi connectivity index (χ1v) is 5.91. The molecule has 2 unspecified atom stereocenters. The van der Waals surface area contributed by atoms with Crippen LogP contribution in [-0.4, -0.2) is 29.8 Å². The zero-order valence-electron chi connectivity index (χ0n) is 8.78. The number of aliphatic hydroxyl groups is 1. The molecule has 0 radical (unpaired) electrons. The van der Waals surface area contributed by atoms with Crippen molar-refractivity contribution in [1.29, 1.82) is 0 Å². The van der Waals surface area contributed by atoms with Gasteiger partial charge in [0, 0.05) is 12.1 Å². The summed E-state index contributed by atoms with van der Waals surface area (Å²) in [6.45, 7) is 1.08. The molecule has 4 N–H and O–H groups in total. The number of nitrogens with one attached hydrogen (secondary N) is 1. The van der Waals surface area contributed by atoms with Crippen LogP contribution >= 0.6 is 0 Å². The Morgan fingerprint density at radius 3 is 2.64 bits per heavy atom. The maximum absolute atomic E-state index is 9.51. The Bertz CT molecular complexity index is 180. The molecule has 0 heterocycles. The molecule has 2 aliphatic carbocycles. The minimum absolute atomic E-state index is 0.0424. The lowest BCUT2D eigenvalue weighted by molar-refractivity contribution is 0.0976. The molecule has 0 aromatic heterocycles. The fraction of sp³-hybridized carbons (Fsp3) is 1.00. The summed E-state index contributed by atoms with van der Waals surface area (Å²) in [6.07, 6.45) is 6.70. The van der Waals surface area contributed by atoms with Crippen molar-refractivity contribution in [2.75, 3.05) is 6.54 Å². The molecule has 0 aromatic rings. The van der Waals surface area contributed by atoms with Crippen LogP contribution in [0.3, 0.4) is 0 Å². The molecule has 2 saturated carbocycles. The molecule has 14 heavy (non-hydrogen) atoms. The molecular weight excluding hydrogens is 176 g/mol. The second-order valence-corrected chi connectivity index (χ2v) is 5.02. The average molecular weight is 198 g/mol. The highest BCUT2D eigenvalue weighted by Crippen LogP contribution is 2.24. The molecule has 0 aliphatic heterocycles. The maximum atomic E-state index is 9.51. The van der Waals surface area contributed by atoms with Gasteiger partial charge in [0.25, 0.3) is 0 Å². The minimum Gasteiger partial charge on any atom is -0.393 e. The van der Waals surface area contributed by atoms with Crippen molar-refractivity contribution in [3.05, 3.63) is 0 Å². The summed E-state index contributed by atoms with van der Waals surface area (Å²) in [5, 5.41) is 13.1. The first kappa shape index (κ1) is 10.4. The molecule has 2 atom stereocenters. The number of aliphatic hydroxyl groups excluding tert-OH is 1. The van der Waals surface area contributed by atoms with Gasteiger partial charge in [-0.2, -0.15) is 0 Å². The fourth-order valence-electron chi connectivity index (χ4n) is 2.61. The van der Waals surface area contributed by atoms with Crippen LogP contribution in [-0.2, 0) is 0 Å². The molecule has 3 nitrogen and oxygen atoms in total. The lowest BCUT2D eigenvalue weighted by Gasteiger charge is -2.35. The van der Waals surface area contributed by atoms with Gasteiger partial charge >= 0.3 is 0 Å². The van der Waals surface area contributed by atoms with Crippen molar-refractivity contribution >= 4 is 0 Å². The van der Waals surface area contributed by atoms with E-state index in [4.69, 9.17) is 5.73 Å². The predicted molar refractivity (Wildman–Crippen MR) is 57.0 cm³/mol. The number of nitrogens with two attached hydrogens (primary N) is 1. The van der Waals surface area contributed by atoms with Crippen molar-refractivity contribution in [2.24, 2.45) is 11.7 Å². The summed E-state index contributed by atoms with van der Waals surface area (Å²) in [7, 11) is 0. The first-order valence-electron chi connectivity index (χ1n) is 5.91. The van der Waals surface area contributed by atoms with Crippen molar-refractivity contribution < 1.29 is 5.11 Å². The lowest BCUT2D eigenvalue weighted by Crippen LogP contribution is -2.49. The molecule has 82 valence electrons. The van der Waals surface area contributed by atoms with Gasteiger partial charge in [-0.15, -0.1) is 0 Å². The molecule has 0 aromatic carbocycles. The summed E-state index contributed by atoms with van der Waals surface area (Å²) in [5.41, 5.74) is 5.72. The van der Waals surface area contributed by atoms with Crippen LogP contribution in [0.1, 0.15) is 38.5 Å². The van der Waals surface area contributed by atoms with Crippen LogP contribution in [0.15, 0.2) is 0 Å². The summed E-state index contributed by atoms with van der Waals surface area (Å²) in [6, 6.07) is 1.09. The van der Waals surface area contributed by atoms with Crippen LogP contribution in [0.2, 0.25) is 0 Å². The molecule has 3 heteroatoms. The zero-order chi connectivity index (χ0) is 9.97. The summed E-state index contributed by atoms with van der Waals surface area (Å²) < 4.78 is 0. The van der Waals surface area contributed by atoms with E-state index in [9.17, 15) is 5.11 Å².